The molecule has 1 heterocycles. The summed E-state index contributed by atoms with van der Waals surface area (Å²) in [4.78, 5) is 23.3. The molecule has 1 aliphatic heterocycles. The highest BCUT2D eigenvalue weighted by atomic mass is 16.5. The Hall–Kier alpha value is -2.66. The van der Waals surface area contributed by atoms with Gasteiger partial charge in [0.25, 0.3) is 0 Å². The number of ether oxygens (including phenoxy) is 1. The quantitative estimate of drug-likeness (QED) is 0.886. The molecule has 2 aromatic carbocycles. The number of hydrogen-bond acceptors (Lipinski definition) is 3. The van der Waals surface area contributed by atoms with E-state index in [-0.39, 0.29) is 30.0 Å². The molecule has 3 rings (SSSR count). The Labute approximate surface area is 140 Å². The Morgan fingerprint density at radius 2 is 1.92 bits per heavy atom. The van der Waals surface area contributed by atoms with Gasteiger partial charge >= 0.3 is 5.97 Å². The lowest BCUT2D eigenvalue weighted by Gasteiger charge is -2.20. The van der Waals surface area contributed by atoms with Crippen molar-refractivity contribution in [1.29, 1.82) is 0 Å². The Morgan fingerprint density at radius 1 is 1.12 bits per heavy atom. The number of carboxylic acid groups (broad SMARTS) is 1. The molecule has 5 heteroatoms. The summed E-state index contributed by atoms with van der Waals surface area (Å²) in [5, 5.41) is 12.0. The van der Waals surface area contributed by atoms with Gasteiger partial charge in [0.05, 0.1) is 18.0 Å². The second-order valence-electron chi connectivity index (χ2n) is 5.85. The summed E-state index contributed by atoms with van der Waals surface area (Å²) < 4.78 is 5.76. The van der Waals surface area contributed by atoms with Crippen molar-refractivity contribution in [2.75, 3.05) is 6.61 Å². The lowest BCUT2D eigenvalue weighted by Crippen LogP contribution is -2.37. The van der Waals surface area contributed by atoms with E-state index in [1.807, 2.05) is 30.3 Å². The van der Waals surface area contributed by atoms with E-state index < -0.39 is 5.97 Å². The molecule has 2 atom stereocenters. The largest absolute Gasteiger partial charge is 0.478 e. The number of carbonyl (C=O) groups excluding carboxylic acids is 1. The SMILES string of the molecule is O=C(Cc1cccc(C(=O)O)c1)NC1CCOC1c1ccccc1. The van der Waals surface area contributed by atoms with E-state index in [2.05, 4.69) is 5.32 Å². The van der Waals surface area contributed by atoms with Gasteiger partial charge in [-0.3, -0.25) is 4.79 Å². The third kappa shape index (κ3) is 3.81. The first-order chi connectivity index (χ1) is 11.6. The number of nitrogens with one attached hydrogen (secondary N) is 1. The minimum absolute atomic E-state index is 0.0671. The van der Waals surface area contributed by atoms with Crippen LogP contribution in [0.1, 0.15) is 34.0 Å². The number of benzene rings is 2. The number of aromatic carboxylic acids is 1. The van der Waals surface area contributed by atoms with Crippen LogP contribution in [0.4, 0.5) is 0 Å². The molecule has 0 bridgehead atoms. The highest BCUT2D eigenvalue weighted by Gasteiger charge is 2.30. The summed E-state index contributed by atoms with van der Waals surface area (Å²) in [7, 11) is 0. The first-order valence-corrected chi connectivity index (χ1v) is 7.91. The Morgan fingerprint density at radius 3 is 2.67 bits per heavy atom. The molecule has 1 aliphatic rings. The van der Waals surface area contributed by atoms with Crippen LogP contribution < -0.4 is 5.32 Å². The van der Waals surface area contributed by atoms with Crippen LogP contribution in [0, 0.1) is 0 Å². The molecule has 2 N–H and O–H groups in total. The third-order valence-electron chi connectivity index (χ3n) is 4.10. The number of carbonyl (C=O) groups is 2. The summed E-state index contributed by atoms with van der Waals surface area (Å²) in [6, 6.07) is 16.2. The maximum Gasteiger partial charge on any atom is 0.335 e. The summed E-state index contributed by atoms with van der Waals surface area (Å²) in [6.45, 7) is 0.610. The zero-order chi connectivity index (χ0) is 16.9. The molecule has 1 fully saturated rings. The van der Waals surface area contributed by atoms with Crippen LogP contribution in [0.5, 0.6) is 0 Å². The molecule has 2 aromatic rings. The molecule has 24 heavy (non-hydrogen) atoms. The van der Waals surface area contributed by atoms with E-state index in [1.54, 1.807) is 12.1 Å². The number of hydrogen-bond donors (Lipinski definition) is 2. The van der Waals surface area contributed by atoms with E-state index >= 15 is 0 Å². The van der Waals surface area contributed by atoms with Gasteiger partial charge in [0.15, 0.2) is 0 Å². The fourth-order valence-corrected chi connectivity index (χ4v) is 2.97. The fourth-order valence-electron chi connectivity index (χ4n) is 2.97. The van der Waals surface area contributed by atoms with Crippen LogP contribution in [0.2, 0.25) is 0 Å². The standard InChI is InChI=1S/C19H19NO4/c21-17(12-13-5-4-8-15(11-13)19(22)23)20-16-9-10-24-18(16)14-6-2-1-3-7-14/h1-8,11,16,18H,9-10,12H2,(H,20,21)(H,22,23). The van der Waals surface area contributed by atoms with E-state index in [0.29, 0.717) is 12.2 Å². The second kappa shape index (κ2) is 7.27. The lowest BCUT2D eigenvalue weighted by atomic mass is 10.0. The van der Waals surface area contributed by atoms with Crippen LogP contribution in [-0.2, 0) is 16.0 Å². The second-order valence-corrected chi connectivity index (χ2v) is 5.85. The van der Waals surface area contributed by atoms with Gasteiger partial charge in [-0.25, -0.2) is 4.79 Å². The molecule has 5 nitrogen and oxygen atoms in total. The van der Waals surface area contributed by atoms with Gasteiger partial charge in [0.2, 0.25) is 5.91 Å². The van der Waals surface area contributed by atoms with Crippen LogP contribution in [0.15, 0.2) is 54.6 Å². The highest BCUT2D eigenvalue weighted by molar-refractivity contribution is 5.88. The molecule has 0 radical (unpaired) electrons. The van der Waals surface area contributed by atoms with Gasteiger partial charge in [-0.05, 0) is 29.7 Å². The maximum absolute atomic E-state index is 12.3. The molecular weight excluding hydrogens is 306 g/mol. The van der Waals surface area contributed by atoms with Gasteiger partial charge in [0, 0.05) is 6.61 Å². The van der Waals surface area contributed by atoms with Crippen molar-refractivity contribution in [3.63, 3.8) is 0 Å². The summed E-state index contributed by atoms with van der Waals surface area (Å²) in [5.41, 5.74) is 1.92. The average molecular weight is 325 g/mol. The number of amides is 1. The minimum Gasteiger partial charge on any atom is -0.478 e. The van der Waals surface area contributed by atoms with Crippen LogP contribution in [-0.4, -0.2) is 29.6 Å². The van der Waals surface area contributed by atoms with Crippen LogP contribution >= 0.6 is 0 Å². The third-order valence-corrected chi connectivity index (χ3v) is 4.10. The molecule has 2 unspecified atom stereocenters. The topological polar surface area (TPSA) is 75.6 Å². The highest BCUT2D eigenvalue weighted by Crippen LogP contribution is 2.28. The molecule has 1 saturated heterocycles. The first-order valence-electron chi connectivity index (χ1n) is 7.91. The smallest absolute Gasteiger partial charge is 0.335 e. The van der Waals surface area contributed by atoms with E-state index in [4.69, 9.17) is 9.84 Å². The van der Waals surface area contributed by atoms with E-state index in [1.165, 1.54) is 12.1 Å². The van der Waals surface area contributed by atoms with Crippen molar-refractivity contribution in [3.05, 3.63) is 71.3 Å². The van der Waals surface area contributed by atoms with Crippen molar-refractivity contribution in [2.45, 2.75) is 25.0 Å². The first kappa shape index (κ1) is 16.2. The van der Waals surface area contributed by atoms with Gasteiger partial charge in [-0.15, -0.1) is 0 Å². The van der Waals surface area contributed by atoms with Crippen LogP contribution in [0.25, 0.3) is 0 Å². The predicted molar refractivity (Wildman–Crippen MR) is 88.8 cm³/mol. The fraction of sp³-hybridized carbons (Fsp3) is 0.263. The number of carboxylic acids is 1. The van der Waals surface area contributed by atoms with Crippen LogP contribution in [0.3, 0.4) is 0 Å². The lowest BCUT2D eigenvalue weighted by molar-refractivity contribution is -0.121. The van der Waals surface area contributed by atoms with Gasteiger partial charge in [-0.1, -0.05) is 42.5 Å². The Kier molecular flexibility index (Phi) is 4.91. The normalized spacial score (nSPS) is 19.8. The average Bonchev–Trinajstić information content (AvgIpc) is 3.03. The van der Waals surface area contributed by atoms with Gasteiger partial charge in [-0.2, -0.15) is 0 Å². The zero-order valence-corrected chi connectivity index (χ0v) is 13.1. The van der Waals surface area contributed by atoms with Crippen molar-refractivity contribution in [3.8, 4) is 0 Å². The zero-order valence-electron chi connectivity index (χ0n) is 13.1. The maximum atomic E-state index is 12.3. The van der Waals surface area contributed by atoms with Crippen molar-refractivity contribution < 1.29 is 19.4 Å². The summed E-state index contributed by atoms with van der Waals surface area (Å²) in [5.74, 6) is -1.13. The van der Waals surface area contributed by atoms with Gasteiger partial charge < -0.3 is 15.2 Å². The molecule has 0 spiro atoms. The van der Waals surface area contributed by atoms with E-state index in [0.717, 1.165) is 12.0 Å². The molecule has 124 valence electrons. The van der Waals surface area contributed by atoms with Crippen molar-refractivity contribution in [2.24, 2.45) is 0 Å². The monoisotopic (exact) mass is 325 g/mol. The predicted octanol–water partition coefficient (Wildman–Crippen LogP) is 2.57. The Balaban J connectivity index is 1.64. The van der Waals surface area contributed by atoms with Crippen molar-refractivity contribution in [1.82, 2.24) is 5.32 Å². The molecule has 0 aliphatic carbocycles. The van der Waals surface area contributed by atoms with E-state index in [9.17, 15) is 9.59 Å². The van der Waals surface area contributed by atoms with Gasteiger partial charge in [0.1, 0.15) is 6.10 Å². The Bertz CT molecular complexity index is 729. The summed E-state index contributed by atoms with van der Waals surface area (Å²) >= 11 is 0. The minimum atomic E-state index is -0.995. The van der Waals surface area contributed by atoms with Crippen molar-refractivity contribution >= 4 is 11.9 Å². The number of rotatable bonds is 5. The molecule has 0 saturated carbocycles. The summed E-state index contributed by atoms with van der Waals surface area (Å²) in [6.07, 6.45) is 0.778. The molecule has 1 amide bonds. The molecular formula is C19H19NO4. The molecule has 0 aromatic heterocycles.